The second-order valence-corrected chi connectivity index (χ2v) is 5.94. The fraction of sp³-hybridized carbons (Fsp3) is 0. The van der Waals surface area contributed by atoms with Crippen molar-refractivity contribution in [1.29, 1.82) is 0 Å². The Labute approximate surface area is 149 Å². The van der Waals surface area contributed by atoms with E-state index in [4.69, 9.17) is 4.98 Å². The van der Waals surface area contributed by atoms with Gasteiger partial charge in [-0.3, -0.25) is 4.98 Å². The Morgan fingerprint density at radius 2 is 1.42 bits per heavy atom. The number of fused-ring (bicyclic) bond motifs is 3. The summed E-state index contributed by atoms with van der Waals surface area (Å²) in [5, 5.41) is 10.4. The lowest BCUT2D eigenvalue weighted by Gasteiger charge is -2.06. The zero-order valence-electron chi connectivity index (χ0n) is 13.7. The van der Waals surface area contributed by atoms with Crippen LogP contribution in [0.15, 0.2) is 79.1 Å². The van der Waals surface area contributed by atoms with E-state index in [9.17, 15) is 0 Å². The van der Waals surface area contributed by atoms with Gasteiger partial charge in [0.1, 0.15) is 5.69 Å². The summed E-state index contributed by atoms with van der Waals surface area (Å²) < 4.78 is 0. The van der Waals surface area contributed by atoms with Crippen LogP contribution in [0.3, 0.4) is 0 Å². The molecule has 122 valence electrons. The molecule has 0 saturated carbocycles. The third-order valence-corrected chi connectivity index (χ3v) is 4.29. The Bertz CT molecular complexity index is 1240. The molecular formula is C21H13N5. The predicted octanol–water partition coefficient (Wildman–Crippen LogP) is 4.30. The van der Waals surface area contributed by atoms with Crippen LogP contribution in [0.25, 0.3) is 44.6 Å². The van der Waals surface area contributed by atoms with Gasteiger partial charge in [0.2, 0.25) is 5.82 Å². The molecule has 5 heteroatoms. The molecule has 0 spiro atoms. The molecule has 2 aromatic carbocycles. The molecule has 0 aliphatic rings. The zero-order valence-corrected chi connectivity index (χ0v) is 13.7. The number of benzene rings is 2. The molecule has 0 aliphatic carbocycles. The van der Waals surface area contributed by atoms with Crippen LogP contribution in [-0.4, -0.2) is 25.1 Å². The van der Waals surface area contributed by atoms with Gasteiger partial charge < -0.3 is 0 Å². The average molecular weight is 335 g/mol. The first-order valence-corrected chi connectivity index (χ1v) is 8.28. The van der Waals surface area contributed by atoms with Gasteiger partial charge in [0, 0.05) is 22.5 Å². The minimum absolute atomic E-state index is 0.501. The summed E-state index contributed by atoms with van der Waals surface area (Å²) in [6.07, 6.45) is 3.45. The molecule has 5 aromatic rings. The Morgan fingerprint density at radius 1 is 0.615 bits per heavy atom. The second kappa shape index (κ2) is 5.97. The van der Waals surface area contributed by atoms with Crippen LogP contribution in [0.1, 0.15) is 0 Å². The maximum atomic E-state index is 4.78. The molecule has 0 aliphatic heterocycles. The molecule has 0 bridgehead atoms. The van der Waals surface area contributed by atoms with E-state index in [-0.39, 0.29) is 0 Å². The van der Waals surface area contributed by atoms with Crippen LogP contribution < -0.4 is 0 Å². The number of nitrogens with zero attached hydrogens (tertiary/aromatic N) is 5. The molecule has 0 radical (unpaired) electrons. The molecule has 26 heavy (non-hydrogen) atoms. The first-order valence-electron chi connectivity index (χ1n) is 8.28. The first-order chi connectivity index (χ1) is 12.9. The maximum absolute atomic E-state index is 4.78. The maximum Gasteiger partial charge on any atom is 0.200 e. The molecule has 0 fully saturated rings. The minimum Gasteiger partial charge on any atom is -0.254 e. The van der Waals surface area contributed by atoms with Gasteiger partial charge in [0.25, 0.3) is 0 Å². The smallest absolute Gasteiger partial charge is 0.200 e. The van der Waals surface area contributed by atoms with Gasteiger partial charge >= 0.3 is 0 Å². The first kappa shape index (κ1) is 14.6. The third kappa shape index (κ3) is 2.46. The van der Waals surface area contributed by atoms with Crippen molar-refractivity contribution < 1.29 is 0 Å². The molecule has 5 nitrogen and oxygen atoms in total. The van der Waals surface area contributed by atoms with Crippen molar-refractivity contribution in [2.24, 2.45) is 0 Å². The van der Waals surface area contributed by atoms with E-state index in [0.717, 1.165) is 33.1 Å². The van der Waals surface area contributed by atoms with Gasteiger partial charge in [-0.25, -0.2) is 9.97 Å². The topological polar surface area (TPSA) is 64.5 Å². The van der Waals surface area contributed by atoms with Crippen LogP contribution in [0.5, 0.6) is 0 Å². The monoisotopic (exact) mass is 335 g/mol. The largest absolute Gasteiger partial charge is 0.254 e. The number of hydrogen-bond donors (Lipinski definition) is 0. The Morgan fingerprint density at radius 3 is 2.31 bits per heavy atom. The molecule has 3 aromatic heterocycles. The molecule has 0 saturated heterocycles. The SMILES string of the molecule is c1ccc(-c2cnnc(-c3ccc4ccc5cccnc5c4n3)n2)cc1. The molecule has 0 amide bonds. The van der Waals surface area contributed by atoms with Crippen molar-refractivity contribution in [2.45, 2.75) is 0 Å². The van der Waals surface area contributed by atoms with E-state index in [1.54, 1.807) is 12.4 Å². The Balaban J connectivity index is 1.69. The van der Waals surface area contributed by atoms with Crippen molar-refractivity contribution in [3.63, 3.8) is 0 Å². The standard InChI is InChI=1S/C21H13N5/c1-2-5-14(6-3-1)18-13-23-26-21(25-18)17-11-10-16-9-8-15-7-4-12-22-19(15)20(16)24-17/h1-13H. The molecule has 0 atom stereocenters. The summed E-state index contributed by atoms with van der Waals surface area (Å²) in [6.45, 7) is 0. The highest BCUT2D eigenvalue weighted by Crippen LogP contribution is 2.25. The predicted molar refractivity (Wildman–Crippen MR) is 101 cm³/mol. The van der Waals surface area contributed by atoms with Crippen LogP contribution in [-0.2, 0) is 0 Å². The van der Waals surface area contributed by atoms with E-state index in [0.29, 0.717) is 11.5 Å². The van der Waals surface area contributed by atoms with Crippen molar-refractivity contribution in [3.8, 4) is 22.8 Å². The number of hydrogen-bond acceptors (Lipinski definition) is 5. The molecule has 0 N–H and O–H groups in total. The average Bonchev–Trinajstić information content (AvgIpc) is 2.74. The van der Waals surface area contributed by atoms with Gasteiger partial charge in [-0.1, -0.05) is 54.6 Å². The number of aromatic nitrogens is 5. The van der Waals surface area contributed by atoms with Crippen molar-refractivity contribution in [3.05, 3.63) is 79.1 Å². The van der Waals surface area contributed by atoms with E-state index >= 15 is 0 Å². The Hall–Kier alpha value is -3.73. The van der Waals surface area contributed by atoms with Crippen molar-refractivity contribution in [2.75, 3.05) is 0 Å². The molecular weight excluding hydrogens is 322 g/mol. The lowest BCUT2D eigenvalue weighted by atomic mass is 10.1. The van der Waals surface area contributed by atoms with E-state index < -0.39 is 0 Å². The molecule has 0 unspecified atom stereocenters. The van der Waals surface area contributed by atoms with Gasteiger partial charge in [0.15, 0.2) is 0 Å². The van der Waals surface area contributed by atoms with E-state index in [1.807, 2.05) is 54.6 Å². The Kier molecular flexibility index (Phi) is 3.35. The molecule has 3 heterocycles. The summed E-state index contributed by atoms with van der Waals surface area (Å²) in [5.41, 5.74) is 4.17. The summed E-state index contributed by atoms with van der Waals surface area (Å²) in [6, 6.07) is 21.9. The highest BCUT2D eigenvalue weighted by molar-refractivity contribution is 6.03. The lowest BCUT2D eigenvalue weighted by Crippen LogP contribution is -1.97. The summed E-state index contributed by atoms with van der Waals surface area (Å²) >= 11 is 0. The van der Waals surface area contributed by atoms with Gasteiger partial charge in [0.05, 0.1) is 22.9 Å². The van der Waals surface area contributed by atoms with E-state index in [1.165, 1.54) is 0 Å². The van der Waals surface area contributed by atoms with Crippen LogP contribution in [0.4, 0.5) is 0 Å². The summed E-state index contributed by atoms with van der Waals surface area (Å²) in [4.78, 5) is 13.9. The van der Waals surface area contributed by atoms with Gasteiger partial charge in [-0.05, 0) is 12.1 Å². The fourth-order valence-corrected chi connectivity index (χ4v) is 3.01. The van der Waals surface area contributed by atoms with Crippen LogP contribution in [0.2, 0.25) is 0 Å². The normalized spacial score (nSPS) is 11.1. The van der Waals surface area contributed by atoms with Crippen LogP contribution in [0, 0.1) is 0 Å². The lowest BCUT2D eigenvalue weighted by molar-refractivity contribution is 0.977. The van der Waals surface area contributed by atoms with Gasteiger partial charge in [-0.15, -0.1) is 5.10 Å². The highest BCUT2D eigenvalue weighted by Gasteiger charge is 2.10. The van der Waals surface area contributed by atoms with E-state index in [2.05, 4.69) is 32.3 Å². The van der Waals surface area contributed by atoms with Crippen LogP contribution >= 0.6 is 0 Å². The number of pyridine rings is 2. The van der Waals surface area contributed by atoms with Crippen molar-refractivity contribution >= 4 is 21.8 Å². The highest BCUT2D eigenvalue weighted by atomic mass is 15.2. The van der Waals surface area contributed by atoms with Crippen molar-refractivity contribution in [1.82, 2.24) is 25.1 Å². The van der Waals surface area contributed by atoms with Gasteiger partial charge in [-0.2, -0.15) is 5.10 Å². The summed E-state index contributed by atoms with van der Waals surface area (Å²) in [7, 11) is 0. The zero-order chi connectivity index (χ0) is 17.3. The summed E-state index contributed by atoms with van der Waals surface area (Å²) in [5.74, 6) is 0.501. The fourth-order valence-electron chi connectivity index (χ4n) is 3.01. The molecule has 5 rings (SSSR count). The second-order valence-electron chi connectivity index (χ2n) is 5.94. The third-order valence-electron chi connectivity index (χ3n) is 4.29. The minimum atomic E-state index is 0.501. The quantitative estimate of drug-likeness (QED) is 0.450. The number of rotatable bonds is 2.